The fraction of sp³-hybridized carbons (Fsp3) is 0.350. The molecule has 9 nitrogen and oxygen atoms in total. The molecule has 2 aromatic heterocycles. The van der Waals surface area contributed by atoms with E-state index in [-0.39, 0.29) is 17.9 Å². The van der Waals surface area contributed by atoms with Gasteiger partial charge in [0.2, 0.25) is 5.91 Å². The monoisotopic (exact) mass is 426 g/mol. The smallest absolute Gasteiger partial charge is 0.263 e. The highest BCUT2D eigenvalue weighted by Crippen LogP contribution is 2.22. The molecule has 2 amide bonds. The Morgan fingerprint density at radius 2 is 2.03 bits per heavy atom. The number of carbonyl (C=O) groups is 2. The van der Waals surface area contributed by atoms with Crippen LogP contribution in [0.15, 0.2) is 42.0 Å². The molecule has 0 saturated carbocycles. The van der Waals surface area contributed by atoms with Crippen LogP contribution in [0.2, 0.25) is 0 Å². The van der Waals surface area contributed by atoms with Crippen molar-refractivity contribution in [2.24, 2.45) is 0 Å². The Morgan fingerprint density at radius 1 is 1.23 bits per heavy atom. The molecular formula is C20H22N6O3S. The van der Waals surface area contributed by atoms with Gasteiger partial charge in [0.15, 0.2) is 0 Å². The van der Waals surface area contributed by atoms with Gasteiger partial charge in [-0.2, -0.15) is 4.68 Å². The number of tetrazole rings is 1. The molecule has 156 valence electrons. The number of rotatable bonds is 6. The molecule has 1 saturated heterocycles. The van der Waals surface area contributed by atoms with Crippen LogP contribution < -0.4 is 10.1 Å². The Labute approximate surface area is 177 Å². The summed E-state index contributed by atoms with van der Waals surface area (Å²) in [4.78, 5) is 27.9. The van der Waals surface area contributed by atoms with Gasteiger partial charge in [-0.15, -0.1) is 16.4 Å². The van der Waals surface area contributed by atoms with Gasteiger partial charge >= 0.3 is 0 Å². The van der Waals surface area contributed by atoms with Crippen molar-refractivity contribution in [3.63, 3.8) is 0 Å². The standard InChI is InChI=1S/C20H22N6O3S/c1-29-17-5-3-2-4-14(17)12-18(27)25-9-6-15(7-10-25)22-20(28)19-16(8-11-30-19)26-13-21-23-24-26/h2-5,8,11,13,15H,6-7,9-10,12H2,1H3,(H,22,28). The molecule has 3 aromatic rings. The minimum atomic E-state index is -0.144. The molecular weight excluding hydrogens is 404 g/mol. The van der Waals surface area contributed by atoms with Crippen LogP contribution in [-0.4, -0.2) is 63.2 Å². The normalized spacial score (nSPS) is 14.5. The van der Waals surface area contributed by atoms with E-state index in [1.54, 1.807) is 7.11 Å². The van der Waals surface area contributed by atoms with Crippen molar-refractivity contribution in [1.29, 1.82) is 0 Å². The number of nitrogens with one attached hydrogen (secondary N) is 1. The number of likely N-dealkylation sites (tertiary alicyclic amines) is 1. The molecule has 1 aliphatic heterocycles. The van der Waals surface area contributed by atoms with E-state index in [1.165, 1.54) is 22.3 Å². The average Bonchev–Trinajstić information content (AvgIpc) is 3.46. The largest absolute Gasteiger partial charge is 0.496 e. The second-order valence-corrected chi connectivity index (χ2v) is 7.92. The molecule has 0 atom stereocenters. The molecule has 30 heavy (non-hydrogen) atoms. The molecule has 1 N–H and O–H groups in total. The lowest BCUT2D eigenvalue weighted by atomic mass is 10.0. The number of piperidine rings is 1. The number of benzene rings is 1. The summed E-state index contributed by atoms with van der Waals surface area (Å²) < 4.78 is 6.81. The maximum absolute atomic E-state index is 12.7. The molecule has 10 heteroatoms. The van der Waals surface area contributed by atoms with Crippen LogP contribution in [0.25, 0.3) is 5.69 Å². The van der Waals surface area contributed by atoms with Gasteiger partial charge in [-0.05, 0) is 40.8 Å². The summed E-state index contributed by atoms with van der Waals surface area (Å²) >= 11 is 1.35. The summed E-state index contributed by atoms with van der Waals surface area (Å²) in [6.45, 7) is 1.23. The van der Waals surface area contributed by atoms with Gasteiger partial charge in [-0.3, -0.25) is 9.59 Å². The second-order valence-electron chi connectivity index (χ2n) is 7.01. The summed E-state index contributed by atoms with van der Waals surface area (Å²) in [5.41, 5.74) is 1.54. The van der Waals surface area contributed by atoms with Crippen LogP contribution in [0, 0.1) is 0 Å². The van der Waals surface area contributed by atoms with E-state index in [9.17, 15) is 9.59 Å². The molecule has 1 fully saturated rings. The number of carbonyl (C=O) groups excluding carboxylic acids is 2. The van der Waals surface area contributed by atoms with E-state index in [4.69, 9.17) is 4.74 Å². The summed E-state index contributed by atoms with van der Waals surface area (Å²) in [5.74, 6) is 0.653. The van der Waals surface area contributed by atoms with Gasteiger partial charge in [-0.1, -0.05) is 18.2 Å². The Kier molecular flexibility index (Phi) is 6.03. The summed E-state index contributed by atoms with van der Waals surface area (Å²) in [7, 11) is 1.61. The molecule has 0 radical (unpaired) electrons. The molecule has 0 aliphatic carbocycles. The highest BCUT2D eigenvalue weighted by molar-refractivity contribution is 7.12. The Bertz CT molecular complexity index is 1010. The second kappa shape index (κ2) is 9.04. The van der Waals surface area contributed by atoms with Crippen LogP contribution in [0.4, 0.5) is 0 Å². The van der Waals surface area contributed by atoms with E-state index >= 15 is 0 Å². The van der Waals surface area contributed by atoms with Crippen LogP contribution in [0.5, 0.6) is 5.75 Å². The third kappa shape index (κ3) is 4.33. The van der Waals surface area contributed by atoms with Crippen LogP contribution in [0.3, 0.4) is 0 Å². The number of para-hydroxylation sites is 1. The van der Waals surface area contributed by atoms with Crippen molar-refractivity contribution in [1.82, 2.24) is 30.4 Å². The first-order valence-electron chi connectivity index (χ1n) is 9.67. The fourth-order valence-corrected chi connectivity index (χ4v) is 4.35. The number of thiophene rings is 1. The number of ether oxygens (including phenoxy) is 1. The zero-order valence-corrected chi connectivity index (χ0v) is 17.3. The summed E-state index contributed by atoms with van der Waals surface area (Å²) in [6, 6.07) is 9.40. The molecule has 3 heterocycles. The topological polar surface area (TPSA) is 102 Å². The lowest BCUT2D eigenvalue weighted by molar-refractivity contribution is -0.131. The molecule has 1 aliphatic rings. The summed E-state index contributed by atoms with van der Waals surface area (Å²) in [6.07, 6.45) is 3.21. The van der Waals surface area contributed by atoms with Crippen molar-refractivity contribution in [3.8, 4) is 11.4 Å². The maximum atomic E-state index is 12.7. The third-order valence-electron chi connectivity index (χ3n) is 5.16. The van der Waals surface area contributed by atoms with E-state index < -0.39 is 0 Å². The number of hydrogen-bond donors (Lipinski definition) is 1. The molecule has 1 aromatic carbocycles. The van der Waals surface area contributed by atoms with Gasteiger partial charge in [0.05, 0.1) is 19.2 Å². The van der Waals surface area contributed by atoms with E-state index in [0.29, 0.717) is 30.1 Å². The van der Waals surface area contributed by atoms with Gasteiger partial charge in [0, 0.05) is 24.7 Å². The van der Waals surface area contributed by atoms with E-state index in [1.807, 2.05) is 40.6 Å². The van der Waals surface area contributed by atoms with Gasteiger partial charge < -0.3 is 15.0 Å². The zero-order chi connectivity index (χ0) is 20.9. The minimum Gasteiger partial charge on any atom is -0.496 e. The first-order chi connectivity index (χ1) is 14.7. The van der Waals surface area contributed by atoms with Crippen molar-refractivity contribution < 1.29 is 14.3 Å². The highest BCUT2D eigenvalue weighted by atomic mass is 32.1. The number of aromatic nitrogens is 4. The van der Waals surface area contributed by atoms with E-state index in [0.717, 1.165) is 24.2 Å². The van der Waals surface area contributed by atoms with Crippen molar-refractivity contribution in [2.75, 3.05) is 20.2 Å². The van der Waals surface area contributed by atoms with Gasteiger partial charge in [0.1, 0.15) is 17.0 Å². The number of nitrogens with zero attached hydrogens (tertiary/aromatic N) is 5. The maximum Gasteiger partial charge on any atom is 0.263 e. The van der Waals surface area contributed by atoms with E-state index in [2.05, 4.69) is 20.8 Å². The zero-order valence-electron chi connectivity index (χ0n) is 16.5. The molecule has 0 bridgehead atoms. The lowest BCUT2D eigenvalue weighted by Gasteiger charge is -2.32. The predicted molar refractivity (Wildman–Crippen MR) is 111 cm³/mol. The quantitative estimate of drug-likeness (QED) is 0.644. The minimum absolute atomic E-state index is 0.0247. The Balaban J connectivity index is 1.31. The van der Waals surface area contributed by atoms with Crippen LogP contribution in [-0.2, 0) is 11.2 Å². The molecule has 4 rings (SSSR count). The van der Waals surface area contributed by atoms with Crippen molar-refractivity contribution in [2.45, 2.75) is 25.3 Å². The number of methoxy groups -OCH3 is 1. The predicted octanol–water partition coefficient (Wildman–Crippen LogP) is 1.70. The average molecular weight is 427 g/mol. The van der Waals surface area contributed by atoms with Gasteiger partial charge in [0.25, 0.3) is 5.91 Å². The number of hydrogen-bond acceptors (Lipinski definition) is 7. The first kappa shape index (κ1) is 20.0. The fourth-order valence-electron chi connectivity index (χ4n) is 3.57. The van der Waals surface area contributed by atoms with Crippen LogP contribution >= 0.6 is 11.3 Å². The Morgan fingerprint density at radius 3 is 2.77 bits per heavy atom. The van der Waals surface area contributed by atoms with Crippen molar-refractivity contribution in [3.05, 3.63) is 52.5 Å². The Hall–Kier alpha value is -3.27. The van der Waals surface area contributed by atoms with Crippen molar-refractivity contribution >= 4 is 23.2 Å². The molecule has 0 unspecified atom stereocenters. The highest BCUT2D eigenvalue weighted by Gasteiger charge is 2.26. The van der Waals surface area contributed by atoms with Gasteiger partial charge in [-0.25, -0.2) is 0 Å². The first-order valence-corrected chi connectivity index (χ1v) is 10.5. The molecule has 0 spiro atoms. The SMILES string of the molecule is COc1ccccc1CC(=O)N1CCC(NC(=O)c2sccc2-n2cnnn2)CC1. The summed E-state index contributed by atoms with van der Waals surface area (Å²) in [5, 5.41) is 16.0. The lowest BCUT2D eigenvalue weighted by Crippen LogP contribution is -2.47. The number of amides is 2. The third-order valence-corrected chi connectivity index (χ3v) is 6.07. The van der Waals surface area contributed by atoms with Crippen LogP contribution in [0.1, 0.15) is 28.1 Å².